The van der Waals surface area contributed by atoms with Crippen LogP contribution in [0.1, 0.15) is 16.1 Å². The average Bonchev–Trinajstić information content (AvgIpc) is 3.38. The van der Waals surface area contributed by atoms with Crippen LogP contribution in [0, 0.1) is 6.92 Å². The summed E-state index contributed by atoms with van der Waals surface area (Å²) in [4.78, 5) is 12.5. The summed E-state index contributed by atoms with van der Waals surface area (Å²) in [5.74, 6) is 0.444. The molecular weight excluding hydrogens is 434 g/mol. The molecule has 1 amide bonds. The maximum absolute atomic E-state index is 12.5. The van der Waals surface area contributed by atoms with Crippen molar-refractivity contribution in [3.05, 3.63) is 82.7 Å². The van der Waals surface area contributed by atoms with Gasteiger partial charge < -0.3 is 10.1 Å². The highest BCUT2D eigenvalue weighted by atomic mass is 79.9. The van der Waals surface area contributed by atoms with Crippen molar-refractivity contribution < 1.29 is 9.53 Å². The van der Waals surface area contributed by atoms with E-state index >= 15 is 0 Å². The number of hydrogen-bond acceptors (Lipinski definition) is 4. The van der Waals surface area contributed by atoms with Gasteiger partial charge in [0.2, 0.25) is 0 Å². The Hall–Kier alpha value is -3.39. The Kier molecular flexibility index (Phi) is 5.44. The van der Waals surface area contributed by atoms with E-state index in [2.05, 4.69) is 36.5 Å². The molecule has 0 unspecified atom stereocenters. The number of aromatic nitrogens is 4. The van der Waals surface area contributed by atoms with Crippen molar-refractivity contribution in [3.63, 3.8) is 0 Å². The van der Waals surface area contributed by atoms with Gasteiger partial charge in [-0.15, -0.1) is 0 Å². The fraction of sp³-hybridized carbons (Fsp3) is 0.0952. The van der Waals surface area contributed by atoms with Gasteiger partial charge in [0.25, 0.3) is 5.91 Å². The first kappa shape index (κ1) is 18.9. The van der Waals surface area contributed by atoms with Gasteiger partial charge >= 0.3 is 0 Å². The molecule has 146 valence electrons. The quantitative estimate of drug-likeness (QED) is 0.447. The lowest BCUT2D eigenvalue weighted by Gasteiger charge is -2.05. The summed E-state index contributed by atoms with van der Waals surface area (Å²) in [5, 5.41) is 14.0. The monoisotopic (exact) mass is 451 g/mol. The van der Waals surface area contributed by atoms with Crippen LogP contribution in [0.2, 0.25) is 0 Å². The summed E-state index contributed by atoms with van der Waals surface area (Å²) in [6.45, 7) is 2.26. The van der Waals surface area contributed by atoms with Crippen molar-refractivity contribution in [3.8, 4) is 17.0 Å². The number of rotatable bonds is 6. The van der Waals surface area contributed by atoms with Crippen molar-refractivity contribution in [2.24, 2.45) is 0 Å². The smallest absolute Gasteiger partial charge is 0.273 e. The fourth-order valence-corrected chi connectivity index (χ4v) is 2.94. The molecule has 0 spiro atoms. The Morgan fingerprint density at radius 2 is 1.93 bits per heavy atom. The van der Waals surface area contributed by atoms with Gasteiger partial charge in [-0.3, -0.25) is 9.89 Å². The zero-order valence-corrected chi connectivity index (χ0v) is 17.2. The van der Waals surface area contributed by atoms with Gasteiger partial charge in [-0.25, -0.2) is 4.68 Å². The molecule has 2 heterocycles. The highest BCUT2D eigenvalue weighted by Gasteiger charge is 2.12. The number of aryl methyl sites for hydroxylation is 1. The number of aromatic amines is 1. The van der Waals surface area contributed by atoms with E-state index < -0.39 is 0 Å². The predicted molar refractivity (Wildman–Crippen MR) is 114 cm³/mol. The highest BCUT2D eigenvalue weighted by Crippen LogP contribution is 2.19. The minimum atomic E-state index is -0.288. The number of hydrogen-bond donors (Lipinski definition) is 2. The van der Waals surface area contributed by atoms with Gasteiger partial charge in [0.15, 0.2) is 6.73 Å². The first-order valence-corrected chi connectivity index (χ1v) is 9.71. The van der Waals surface area contributed by atoms with Crippen LogP contribution >= 0.6 is 15.9 Å². The van der Waals surface area contributed by atoms with Crippen LogP contribution in [-0.4, -0.2) is 25.9 Å². The summed E-state index contributed by atoms with van der Waals surface area (Å²) in [5.41, 5.74) is 3.78. The molecule has 2 N–H and O–H groups in total. The number of nitrogens with one attached hydrogen (secondary N) is 2. The first-order chi connectivity index (χ1) is 14.1. The van der Waals surface area contributed by atoms with Crippen molar-refractivity contribution in [2.75, 3.05) is 5.32 Å². The van der Waals surface area contributed by atoms with E-state index in [1.54, 1.807) is 23.1 Å². The number of halogens is 1. The normalized spacial score (nSPS) is 10.7. The maximum Gasteiger partial charge on any atom is 0.273 e. The topological polar surface area (TPSA) is 84.8 Å². The zero-order valence-electron chi connectivity index (χ0n) is 15.6. The van der Waals surface area contributed by atoms with E-state index in [0.717, 1.165) is 15.8 Å². The number of benzene rings is 2. The van der Waals surface area contributed by atoms with Gasteiger partial charge in [0.1, 0.15) is 11.4 Å². The Bertz CT molecular complexity index is 1120. The van der Waals surface area contributed by atoms with Crippen molar-refractivity contribution in [1.29, 1.82) is 0 Å². The maximum atomic E-state index is 12.5. The van der Waals surface area contributed by atoms with Crippen LogP contribution in [-0.2, 0) is 6.73 Å². The van der Waals surface area contributed by atoms with Gasteiger partial charge in [-0.1, -0.05) is 45.8 Å². The van der Waals surface area contributed by atoms with E-state index in [9.17, 15) is 4.79 Å². The van der Waals surface area contributed by atoms with Crippen LogP contribution in [0.15, 0.2) is 71.5 Å². The highest BCUT2D eigenvalue weighted by molar-refractivity contribution is 9.10. The van der Waals surface area contributed by atoms with Gasteiger partial charge in [-0.2, -0.15) is 10.2 Å². The molecule has 0 saturated heterocycles. The van der Waals surface area contributed by atoms with Crippen LogP contribution in [0.3, 0.4) is 0 Å². The third-order valence-corrected chi connectivity index (χ3v) is 4.77. The SMILES string of the molecule is Cc1ccc(-c2cc(C(=O)Nc3cnn(COc4ccc(Br)cc4)c3)[nH]n2)cc1. The lowest BCUT2D eigenvalue weighted by Crippen LogP contribution is -2.12. The molecule has 0 radical (unpaired) electrons. The van der Waals surface area contributed by atoms with Crippen LogP contribution in [0.25, 0.3) is 11.3 Å². The number of nitrogens with zero attached hydrogens (tertiary/aromatic N) is 3. The molecule has 0 bridgehead atoms. The third kappa shape index (κ3) is 4.72. The molecule has 29 heavy (non-hydrogen) atoms. The summed E-state index contributed by atoms with van der Waals surface area (Å²) >= 11 is 3.38. The van der Waals surface area contributed by atoms with Gasteiger partial charge in [-0.05, 0) is 37.3 Å². The summed E-state index contributed by atoms with van der Waals surface area (Å²) in [6, 6.07) is 17.2. The lowest BCUT2D eigenvalue weighted by molar-refractivity contribution is 0.102. The minimum absolute atomic E-state index is 0.235. The molecule has 0 saturated carbocycles. The number of anilines is 1. The number of H-pyrrole nitrogens is 1. The molecule has 0 atom stereocenters. The Labute approximate surface area is 175 Å². The second-order valence-electron chi connectivity index (χ2n) is 6.48. The second kappa shape index (κ2) is 8.32. The molecule has 8 heteroatoms. The average molecular weight is 452 g/mol. The fourth-order valence-electron chi connectivity index (χ4n) is 2.68. The predicted octanol–water partition coefficient (Wildman–Crippen LogP) is 4.63. The largest absolute Gasteiger partial charge is 0.471 e. The zero-order chi connectivity index (χ0) is 20.2. The van der Waals surface area contributed by atoms with Gasteiger partial charge in [0.05, 0.1) is 23.8 Å². The molecule has 2 aromatic carbocycles. The van der Waals surface area contributed by atoms with E-state index in [1.807, 2.05) is 55.5 Å². The minimum Gasteiger partial charge on any atom is -0.471 e. The molecule has 4 aromatic rings. The van der Waals surface area contributed by atoms with Crippen LogP contribution in [0.5, 0.6) is 5.75 Å². The standard InChI is InChI=1S/C21H18BrN5O2/c1-14-2-4-15(5-3-14)19-10-20(26-25-19)21(28)24-17-11-23-27(12-17)13-29-18-8-6-16(22)7-9-18/h2-12H,13H2,1H3,(H,24,28)(H,25,26). The van der Waals surface area contributed by atoms with Gasteiger partial charge in [0, 0.05) is 10.0 Å². The van der Waals surface area contributed by atoms with Crippen molar-refractivity contribution >= 4 is 27.5 Å². The van der Waals surface area contributed by atoms with E-state index in [-0.39, 0.29) is 12.6 Å². The molecule has 7 nitrogen and oxygen atoms in total. The third-order valence-electron chi connectivity index (χ3n) is 4.24. The van der Waals surface area contributed by atoms with Crippen LogP contribution in [0.4, 0.5) is 5.69 Å². The summed E-state index contributed by atoms with van der Waals surface area (Å²) < 4.78 is 8.25. The Balaban J connectivity index is 1.36. The summed E-state index contributed by atoms with van der Waals surface area (Å²) in [6.07, 6.45) is 3.27. The molecule has 0 aliphatic heterocycles. The summed E-state index contributed by atoms with van der Waals surface area (Å²) in [7, 11) is 0. The van der Waals surface area contributed by atoms with E-state index in [1.165, 1.54) is 5.56 Å². The van der Waals surface area contributed by atoms with Crippen molar-refractivity contribution in [1.82, 2.24) is 20.0 Å². The molecule has 0 aliphatic rings. The number of carbonyl (C=O) groups excluding carboxylic acids is 1. The van der Waals surface area contributed by atoms with E-state index in [0.29, 0.717) is 17.1 Å². The molecular formula is C21H18BrN5O2. The Morgan fingerprint density at radius 1 is 1.17 bits per heavy atom. The number of amides is 1. The molecule has 2 aromatic heterocycles. The number of ether oxygens (including phenoxy) is 1. The van der Waals surface area contributed by atoms with Crippen molar-refractivity contribution in [2.45, 2.75) is 13.7 Å². The van der Waals surface area contributed by atoms with Crippen LogP contribution < -0.4 is 10.1 Å². The van der Waals surface area contributed by atoms with E-state index in [4.69, 9.17) is 4.74 Å². The molecule has 4 rings (SSSR count). The Morgan fingerprint density at radius 3 is 2.69 bits per heavy atom. The second-order valence-corrected chi connectivity index (χ2v) is 7.40. The first-order valence-electron chi connectivity index (χ1n) is 8.91. The molecule has 0 aliphatic carbocycles. The number of carbonyl (C=O) groups is 1. The lowest BCUT2D eigenvalue weighted by atomic mass is 10.1. The molecule has 0 fully saturated rings.